The van der Waals surface area contributed by atoms with Gasteiger partial charge in [-0.15, -0.1) is 0 Å². The minimum Gasteiger partial charge on any atom is -0.487 e. The van der Waals surface area contributed by atoms with E-state index in [0.717, 1.165) is 5.56 Å². The monoisotopic (exact) mass is 490 g/mol. The van der Waals surface area contributed by atoms with Gasteiger partial charge in [-0.3, -0.25) is 4.79 Å². The maximum Gasteiger partial charge on any atom is 0.266 e. The minimum absolute atomic E-state index is 0.175. The number of halogens is 4. The van der Waals surface area contributed by atoms with Gasteiger partial charge in [-0.05, 0) is 48.0 Å². The number of carbonyl (C=O) groups is 1. The third kappa shape index (κ3) is 6.16. The topological polar surface area (TPSA) is 62.1 Å². The van der Waals surface area contributed by atoms with Gasteiger partial charge in [0.1, 0.15) is 24.0 Å². The standard InChI is InChI=1S/C23H14Cl4N2O2/c24-17-5-3-4-14(8-17)13-31-22-15(10-18(25)11-20(22)27)9-16(12-28)23(30)29-21-7-2-1-6-19(21)26/h1-11H,13H2,(H,29,30)/b16-9+. The van der Waals surface area contributed by atoms with E-state index >= 15 is 0 Å². The van der Waals surface area contributed by atoms with Crippen molar-refractivity contribution < 1.29 is 9.53 Å². The van der Waals surface area contributed by atoms with Gasteiger partial charge >= 0.3 is 0 Å². The highest BCUT2D eigenvalue weighted by Gasteiger charge is 2.15. The van der Waals surface area contributed by atoms with Crippen molar-refractivity contribution in [3.05, 3.63) is 97.5 Å². The largest absolute Gasteiger partial charge is 0.487 e. The van der Waals surface area contributed by atoms with E-state index in [1.165, 1.54) is 12.1 Å². The van der Waals surface area contributed by atoms with E-state index in [4.69, 9.17) is 51.1 Å². The predicted octanol–water partition coefficient (Wildman–Crippen LogP) is 7.42. The first-order valence-electron chi connectivity index (χ1n) is 8.91. The quantitative estimate of drug-likeness (QED) is 0.288. The molecule has 8 heteroatoms. The number of nitriles is 1. The van der Waals surface area contributed by atoms with Crippen LogP contribution in [-0.2, 0) is 11.4 Å². The molecule has 1 amide bonds. The summed E-state index contributed by atoms with van der Waals surface area (Å²) < 4.78 is 5.87. The second-order valence-electron chi connectivity index (χ2n) is 6.33. The molecule has 3 aromatic rings. The second kappa shape index (κ2) is 10.6. The number of carbonyl (C=O) groups excluding carboxylic acids is 1. The van der Waals surface area contributed by atoms with E-state index < -0.39 is 5.91 Å². The number of benzene rings is 3. The van der Waals surface area contributed by atoms with Crippen molar-refractivity contribution in [2.75, 3.05) is 5.32 Å². The van der Waals surface area contributed by atoms with Crippen LogP contribution in [0.5, 0.6) is 5.75 Å². The van der Waals surface area contributed by atoms with Gasteiger partial charge in [0.2, 0.25) is 0 Å². The van der Waals surface area contributed by atoms with Crippen LogP contribution < -0.4 is 10.1 Å². The molecule has 0 aliphatic heterocycles. The summed E-state index contributed by atoms with van der Waals surface area (Å²) in [4.78, 5) is 12.6. The Morgan fingerprint density at radius 3 is 2.45 bits per heavy atom. The molecule has 156 valence electrons. The lowest BCUT2D eigenvalue weighted by Gasteiger charge is -2.13. The predicted molar refractivity (Wildman–Crippen MR) is 126 cm³/mol. The normalized spacial score (nSPS) is 11.0. The minimum atomic E-state index is -0.632. The molecule has 31 heavy (non-hydrogen) atoms. The van der Waals surface area contributed by atoms with E-state index in [2.05, 4.69) is 5.32 Å². The number of hydrogen-bond acceptors (Lipinski definition) is 3. The molecular weight excluding hydrogens is 478 g/mol. The SMILES string of the molecule is N#C/C(=C\c1cc(Cl)cc(Cl)c1OCc1cccc(Cl)c1)C(=O)Nc1ccccc1Cl. The fraction of sp³-hybridized carbons (Fsp3) is 0.0435. The molecule has 0 spiro atoms. The van der Waals surface area contributed by atoms with Gasteiger partial charge in [0, 0.05) is 15.6 Å². The van der Waals surface area contributed by atoms with Crippen LogP contribution in [0, 0.1) is 11.3 Å². The highest BCUT2D eigenvalue weighted by atomic mass is 35.5. The first kappa shape index (κ1) is 23.0. The maximum absolute atomic E-state index is 12.6. The molecule has 0 aliphatic carbocycles. The van der Waals surface area contributed by atoms with Crippen LogP contribution in [0.3, 0.4) is 0 Å². The number of anilines is 1. The van der Waals surface area contributed by atoms with Gasteiger partial charge in [0.05, 0.1) is 15.7 Å². The molecule has 4 nitrogen and oxygen atoms in total. The molecule has 1 N–H and O–H groups in total. The number of hydrogen-bond donors (Lipinski definition) is 1. The van der Waals surface area contributed by atoms with Crippen LogP contribution in [0.1, 0.15) is 11.1 Å². The smallest absolute Gasteiger partial charge is 0.266 e. The Morgan fingerprint density at radius 2 is 1.74 bits per heavy atom. The van der Waals surface area contributed by atoms with Gasteiger partial charge in [-0.25, -0.2) is 0 Å². The zero-order valence-electron chi connectivity index (χ0n) is 15.8. The fourth-order valence-corrected chi connectivity index (χ4v) is 3.64. The average molecular weight is 492 g/mol. The molecule has 3 aromatic carbocycles. The Morgan fingerprint density at radius 1 is 0.968 bits per heavy atom. The Kier molecular flexibility index (Phi) is 7.84. The Hall–Kier alpha value is -2.68. The van der Waals surface area contributed by atoms with Gasteiger partial charge < -0.3 is 10.1 Å². The van der Waals surface area contributed by atoms with Gasteiger partial charge in [-0.2, -0.15) is 5.26 Å². The summed E-state index contributed by atoms with van der Waals surface area (Å²) in [7, 11) is 0. The molecule has 0 aliphatic rings. The summed E-state index contributed by atoms with van der Waals surface area (Å²) in [5.41, 5.74) is 1.42. The lowest BCUT2D eigenvalue weighted by Crippen LogP contribution is -2.13. The number of rotatable bonds is 6. The van der Waals surface area contributed by atoms with E-state index in [1.807, 2.05) is 12.1 Å². The first-order chi connectivity index (χ1) is 14.9. The van der Waals surface area contributed by atoms with Crippen LogP contribution in [-0.4, -0.2) is 5.91 Å². The summed E-state index contributed by atoms with van der Waals surface area (Å²) in [5, 5.41) is 13.6. The summed E-state index contributed by atoms with van der Waals surface area (Å²) in [6, 6.07) is 18.8. The molecule has 0 atom stereocenters. The van der Waals surface area contributed by atoms with Crippen molar-refractivity contribution in [3.8, 4) is 11.8 Å². The Labute approximate surface area is 199 Å². The van der Waals surface area contributed by atoms with Crippen molar-refractivity contribution in [2.24, 2.45) is 0 Å². The van der Waals surface area contributed by atoms with E-state index in [9.17, 15) is 10.1 Å². The van der Waals surface area contributed by atoms with E-state index in [1.54, 1.807) is 48.5 Å². The van der Waals surface area contributed by atoms with Crippen molar-refractivity contribution in [2.45, 2.75) is 6.61 Å². The Balaban J connectivity index is 1.90. The van der Waals surface area contributed by atoms with Gasteiger partial charge in [-0.1, -0.05) is 70.7 Å². The van der Waals surface area contributed by atoms with Crippen LogP contribution >= 0.6 is 46.4 Å². The molecule has 3 rings (SSSR count). The zero-order valence-corrected chi connectivity index (χ0v) is 18.9. The summed E-state index contributed by atoms with van der Waals surface area (Å²) in [5.74, 6) is -0.350. The van der Waals surface area contributed by atoms with Crippen molar-refractivity contribution in [1.82, 2.24) is 0 Å². The molecule has 0 heterocycles. The van der Waals surface area contributed by atoms with Gasteiger partial charge in [0.15, 0.2) is 0 Å². The maximum atomic E-state index is 12.6. The number of nitrogens with zero attached hydrogens (tertiary/aromatic N) is 1. The molecule has 0 aromatic heterocycles. The van der Waals surface area contributed by atoms with Crippen LogP contribution in [0.25, 0.3) is 6.08 Å². The molecule has 0 radical (unpaired) electrons. The molecule has 0 bridgehead atoms. The summed E-state index contributed by atoms with van der Waals surface area (Å²) >= 11 is 24.5. The summed E-state index contributed by atoms with van der Waals surface area (Å²) in [6.45, 7) is 0.177. The van der Waals surface area contributed by atoms with Crippen molar-refractivity contribution >= 4 is 64.1 Å². The lowest BCUT2D eigenvalue weighted by molar-refractivity contribution is -0.112. The molecule has 0 saturated heterocycles. The fourth-order valence-electron chi connectivity index (χ4n) is 2.68. The third-order valence-electron chi connectivity index (χ3n) is 4.10. The first-order valence-corrected chi connectivity index (χ1v) is 10.4. The lowest BCUT2D eigenvalue weighted by atomic mass is 10.1. The zero-order chi connectivity index (χ0) is 22.4. The van der Waals surface area contributed by atoms with Crippen LogP contribution in [0.2, 0.25) is 20.1 Å². The molecule has 0 saturated carbocycles. The molecular formula is C23H14Cl4N2O2. The average Bonchev–Trinajstić information content (AvgIpc) is 2.72. The van der Waals surface area contributed by atoms with Crippen LogP contribution in [0.15, 0.2) is 66.2 Å². The Bertz CT molecular complexity index is 1200. The third-order valence-corrected chi connectivity index (χ3v) is 5.16. The van der Waals surface area contributed by atoms with E-state index in [0.29, 0.717) is 26.3 Å². The molecule has 0 fully saturated rings. The van der Waals surface area contributed by atoms with Crippen LogP contribution in [0.4, 0.5) is 5.69 Å². The number of amides is 1. The van der Waals surface area contributed by atoms with Crippen molar-refractivity contribution in [1.29, 1.82) is 5.26 Å². The molecule has 0 unspecified atom stereocenters. The number of nitrogens with one attached hydrogen (secondary N) is 1. The highest BCUT2D eigenvalue weighted by molar-refractivity contribution is 6.36. The van der Waals surface area contributed by atoms with Crippen molar-refractivity contribution in [3.63, 3.8) is 0 Å². The number of para-hydroxylation sites is 1. The highest BCUT2D eigenvalue weighted by Crippen LogP contribution is 2.35. The van der Waals surface area contributed by atoms with Gasteiger partial charge in [0.25, 0.3) is 5.91 Å². The van der Waals surface area contributed by atoms with E-state index in [-0.39, 0.29) is 23.0 Å². The number of ether oxygens (including phenoxy) is 1. The summed E-state index contributed by atoms with van der Waals surface area (Å²) in [6.07, 6.45) is 1.36. The second-order valence-corrected chi connectivity index (χ2v) is 8.02.